The molecular weight excluding hydrogens is 434 g/mol. The maximum absolute atomic E-state index is 2.38. The van der Waals surface area contributed by atoms with Crippen LogP contribution >= 0.6 is 0 Å². The van der Waals surface area contributed by atoms with E-state index in [1.54, 1.807) is 0 Å². The number of hydrogen-bond acceptors (Lipinski definition) is 1. The minimum Gasteiger partial charge on any atom is -0.309 e. The molecule has 1 unspecified atom stereocenters. The number of unbranched alkanes of at least 4 members (excludes halogenated alkanes) is 10. The van der Waals surface area contributed by atoms with Crippen LogP contribution in [-0.2, 0) is 0 Å². The van der Waals surface area contributed by atoms with Crippen molar-refractivity contribution in [1.82, 2.24) is 4.90 Å². The molecule has 0 aromatic heterocycles. The lowest BCUT2D eigenvalue weighted by Gasteiger charge is -2.20. The summed E-state index contributed by atoms with van der Waals surface area (Å²) >= 11 is 0. The lowest BCUT2D eigenvalue weighted by molar-refractivity contribution is 0.291. The molecule has 36 heavy (non-hydrogen) atoms. The topological polar surface area (TPSA) is 3.24 Å². The van der Waals surface area contributed by atoms with Crippen molar-refractivity contribution in [3.8, 4) is 0 Å². The van der Waals surface area contributed by atoms with Gasteiger partial charge in [-0.25, -0.2) is 0 Å². The lowest BCUT2D eigenvalue weighted by Crippen LogP contribution is -2.21. The highest BCUT2D eigenvalue weighted by atomic mass is 15.1. The van der Waals surface area contributed by atoms with E-state index >= 15 is 0 Å². The van der Waals surface area contributed by atoms with Gasteiger partial charge in [0, 0.05) is 6.54 Å². The van der Waals surface area contributed by atoms with Gasteiger partial charge < -0.3 is 4.90 Å². The van der Waals surface area contributed by atoms with Crippen LogP contribution in [0.3, 0.4) is 0 Å². The number of nitrogens with zero attached hydrogens (tertiary/aromatic N) is 1. The van der Waals surface area contributed by atoms with Crippen molar-refractivity contribution in [3.05, 3.63) is 24.3 Å². The third-order valence-corrected chi connectivity index (χ3v) is 5.38. The van der Waals surface area contributed by atoms with Crippen molar-refractivity contribution in [2.75, 3.05) is 20.6 Å². The fourth-order valence-electron chi connectivity index (χ4n) is 3.85. The third kappa shape index (κ3) is 54.4. The normalized spacial score (nSPS) is 11.5. The molecule has 1 heteroatoms. The second-order valence-corrected chi connectivity index (χ2v) is 10.8. The van der Waals surface area contributed by atoms with Gasteiger partial charge in [-0.3, -0.25) is 0 Å². The Morgan fingerprint density at radius 1 is 0.472 bits per heavy atom. The molecule has 0 aliphatic rings. The number of hydrogen-bond donors (Lipinski definition) is 0. The van der Waals surface area contributed by atoms with E-state index in [1.807, 2.05) is 0 Å². The molecule has 0 amide bonds. The van der Waals surface area contributed by atoms with Gasteiger partial charge in [0.2, 0.25) is 0 Å². The summed E-state index contributed by atoms with van der Waals surface area (Å²) in [6.07, 6.45) is 35.0. The maximum Gasteiger partial charge on any atom is 0.000356 e. The first-order valence-corrected chi connectivity index (χ1v) is 16.4. The Morgan fingerprint density at radius 3 is 1.31 bits per heavy atom. The maximum atomic E-state index is 2.38. The van der Waals surface area contributed by atoms with Crippen molar-refractivity contribution in [1.29, 1.82) is 0 Å². The molecule has 0 aliphatic carbocycles. The monoisotopic (exact) mass is 510 g/mol. The Hall–Kier alpha value is -0.560. The first kappa shape index (κ1) is 42.5. The quantitative estimate of drug-likeness (QED) is 0.116. The average Bonchev–Trinajstić information content (AvgIpc) is 2.82. The highest BCUT2D eigenvalue weighted by molar-refractivity contribution is 4.92. The minimum absolute atomic E-state index is 0.919. The fraction of sp³-hybridized carbons (Fsp3) is 0.886. The molecule has 0 aromatic rings. The van der Waals surface area contributed by atoms with Gasteiger partial charge in [0.1, 0.15) is 0 Å². The van der Waals surface area contributed by atoms with Crippen molar-refractivity contribution in [2.24, 2.45) is 5.92 Å². The van der Waals surface area contributed by atoms with Gasteiger partial charge in [-0.1, -0.05) is 157 Å². The predicted molar refractivity (Wildman–Crippen MR) is 173 cm³/mol. The van der Waals surface area contributed by atoms with Gasteiger partial charge in [-0.15, -0.1) is 0 Å². The molecule has 0 aliphatic heterocycles. The molecule has 0 saturated heterocycles. The molecule has 0 radical (unpaired) electrons. The zero-order valence-electron chi connectivity index (χ0n) is 27.5. The van der Waals surface area contributed by atoms with Crippen LogP contribution in [0.1, 0.15) is 177 Å². The molecule has 0 N–H and O–H groups in total. The van der Waals surface area contributed by atoms with E-state index in [4.69, 9.17) is 0 Å². The van der Waals surface area contributed by atoms with E-state index in [0.717, 1.165) is 12.3 Å². The number of allylic oxidation sites excluding steroid dienone is 4. The summed E-state index contributed by atoms with van der Waals surface area (Å²) in [5.74, 6) is 0.919. The molecule has 0 saturated carbocycles. The molecule has 1 atom stereocenters. The molecule has 1 nitrogen and oxygen atoms in total. The SMILES string of the molecule is CCC.CCC.CCC.CCCCC/C=C\C/C=C\CCCCCCCCCC(CCC)CN(C)C. The van der Waals surface area contributed by atoms with Crippen LogP contribution in [-0.4, -0.2) is 25.5 Å². The number of rotatable bonds is 20. The molecule has 0 spiro atoms. The molecule has 0 aromatic carbocycles. The zero-order chi connectivity index (χ0) is 28.1. The lowest BCUT2D eigenvalue weighted by atomic mass is 9.95. The summed E-state index contributed by atoms with van der Waals surface area (Å²) in [7, 11) is 4.42. The van der Waals surface area contributed by atoms with Gasteiger partial charge in [0.05, 0.1) is 0 Å². The Bertz CT molecular complexity index is 364. The highest BCUT2D eigenvalue weighted by Gasteiger charge is 2.08. The van der Waals surface area contributed by atoms with E-state index in [2.05, 4.69) is 98.7 Å². The van der Waals surface area contributed by atoms with Crippen LogP contribution in [0.25, 0.3) is 0 Å². The molecule has 220 valence electrons. The van der Waals surface area contributed by atoms with Crippen LogP contribution in [0.2, 0.25) is 0 Å². The average molecular weight is 510 g/mol. The standard InChI is InChI=1S/C26H51N.3C3H8/c1-5-7-8-9-10-11-12-13-14-15-16-17-18-19-20-21-22-24-26(23-6-2)25-27(3)4;3*1-3-2/h10-11,13-14,26H,5-9,12,15-25H2,1-4H3;3*3H2,1-2H3/b11-10-,14-13-;;;. The van der Waals surface area contributed by atoms with Crippen LogP contribution in [0, 0.1) is 5.92 Å². The molecule has 0 fully saturated rings. The molecule has 0 heterocycles. The summed E-state index contributed by atoms with van der Waals surface area (Å²) in [6, 6.07) is 0. The van der Waals surface area contributed by atoms with Crippen molar-refractivity contribution >= 4 is 0 Å². The molecule has 0 bridgehead atoms. The first-order valence-electron chi connectivity index (χ1n) is 16.4. The summed E-state index contributed by atoms with van der Waals surface area (Å²) < 4.78 is 0. The van der Waals surface area contributed by atoms with Crippen molar-refractivity contribution in [3.63, 3.8) is 0 Å². The van der Waals surface area contributed by atoms with Crippen LogP contribution in [0.4, 0.5) is 0 Å². The summed E-state index contributed by atoms with van der Waals surface area (Å²) in [4.78, 5) is 2.36. The Balaban J connectivity index is -0.000000491. The van der Waals surface area contributed by atoms with E-state index in [9.17, 15) is 0 Å². The van der Waals surface area contributed by atoms with E-state index in [1.165, 1.54) is 122 Å². The van der Waals surface area contributed by atoms with Crippen molar-refractivity contribution < 1.29 is 0 Å². The van der Waals surface area contributed by atoms with Gasteiger partial charge in [-0.05, 0) is 65.0 Å². The first-order chi connectivity index (χ1) is 17.4. The Labute approximate surface area is 233 Å². The third-order valence-electron chi connectivity index (χ3n) is 5.38. The van der Waals surface area contributed by atoms with E-state index < -0.39 is 0 Å². The summed E-state index contributed by atoms with van der Waals surface area (Å²) in [5.41, 5.74) is 0. The Kier molecular flexibility index (Phi) is 52.5. The van der Waals surface area contributed by atoms with Gasteiger partial charge in [0.15, 0.2) is 0 Å². The van der Waals surface area contributed by atoms with Gasteiger partial charge >= 0.3 is 0 Å². The molecular formula is C35H75N. The Morgan fingerprint density at radius 2 is 0.889 bits per heavy atom. The second kappa shape index (κ2) is 44.4. The highest BCUT2D eigenvalue weighted by Crippen LogP contribution is 2.18. The van der Waals surface area contributed by atoms with E-state index in [-0.39, 0.29) is 0 Å². The largest absolute Gasteiger partial charge is 0.309 e. The minimum atomic E-state index is 0.919. The van der Waals surface area contributed by atoms with Crippen LogP contribution in [0.5, 0.6) is 0 Å². The van der Waals surface area contributed by atoms with Gasteiger partial charge in [0.25, 0.3) is 0 Å². The van der Waals surface area contributed by atoms with Crippen LogP contribution in [0.15, 0.2) is 24.3 Å². The summed E-state index contributed by atoms with van der Waals surface area (Å²) in [5, 5.41) is 0. The van der Waals surface area contributed by atoms with E-state index in [0.29, 0.717) is 0 Å². The summed E-state index contributed by atoms with van der Waals surface area (Å²) in [6.45, 7) is 18.6. The van der Waals surface area contributed by atoms with Gasteiger partial charge in [-0.2, -0.15) is 0 Å². The smallest absolute Gasteiger partial charge is 0.000356 e. The predicted octanol–water partition coefficient (Wildman–Crippen LogP) is 12.8. The molecule has 0 rings (SSSR count). The van der Waals surface area contributed by atoms with Crippen LogP contribution < -0.4 is 0 Å². The van der Waals surface area contributed by atoms with Crippen molar-refractivity contribution in [2.45, 2.75) is 177 Å². The fourth-order valence-corrected chi connectivity index (χ4v) is 3.85. The second-order valence-electron chi connectivity index (χ2n) is 10.8. The zero-order valence-corrected chi connectivity index (χ0v) is 27.5.